The van der Waals surface area contributed by atoms with Crippen LogP contribution in [0.3, 0.4) is 0 Å². The summed E-state index contributed by atoms with van der Waals surface area (Å²) in [7, 11) is -3.20. The fraction of sp³-hybridized carbons (Fsp3) is 0.200. The lowest BCUT2D eigenvalue weighted by molar-refractivity contribution is 0.243. The average molecular weight is 399 g/mol. The van der Waals surface area contributed by atoms with Crippen LogP contribution in [0.15, 0.2) is 66.0 Å². The second kappa shape index (κ2) is 8.26. The van der Waals surface area contributed by atoms with Crippen LogP contribution in [0, 0.1) is 0 Å². The monoisotopic (exact) mass is 399 g/mol. The number of sulfone groups is 1. The Labute approximate surface area is 163 Å². The van der Waals surface area contributed by atoms with Gasteiger partial charge in [0.2, 0.25) is 0 Å². The number of nitrogens with zero attached hydrogens (tertiary/aromatic N) is 2. The number of aromatic nitrogens is 2. The predicted molar refractivity (Wildman–Crippen MR) is 106 cm³/mol. The summed E-state index contributed by atoms with van der Waals surface area (Å²) in [5.41, 5.74) is 2.43. The van der Waals surface area contributed by atoms with E-state index in [1.165, 1.54) is 17.2 Å². The number of amides is 1. The number of rotatable bonds is 6. The minimum Gasteiger partial charge on any atom is -0.489 e. The fourth-order valence-corrected chi connectivity index (χ4v) is 3.18. The van der Waals surface area contributed by atoms with Crippen molar-refractivity contribution in [2.45, 2.75) is 18.4 Å². The molecule has 0 aliphatic rings. The number of nitrogens with one attached hydrogen (secondary N) is 1. The van der Waals surface area contributed by atoms with Crippen molar-refractivity contribution < 1.29 is 17.9 Å². The minimum absolute atomic E-state index is 0.219. The van der Waals surface area contributed by atoms with E-state index in [1.807, 2.05) is 31.2 Å². The van der Waals surface area contributed by atoms with Gasteiger partial charge in [0.05, 0.1) is 10.6 Å². The molecule has 146 valence electrons. The largest absolute Gasteiger partial charge is 0.489 e. The lowest BCUT2D eigenvalue weighted by Gasteiger charge is -2.07. The number of benzene rings is 2. The fourth-order valence-electron chi connectivity index (χ4n) is 2.55. The van der Waals surface area contributed by atoms with Crippen LogP contribution in [0.25, 0.3) is 11.3 Å². The first-order valence-electron chi connectivity index (χ1n) is 8.71. The minimum atomic E-state index is -3.20. The van der Waals surface area contributed by atoms with Crippen molar-refractivity contribution in [1.29, 1.82) is 0 Å². The Bertz CT molecular complexity index is 1060. The molecule has 3 aromatic rings. The van der Waals surface area contributed by atoms with Crippen molar-refractivity contribution in [3.05, 3.63) is 66.6 Å². The van der Waals surface area contributed by atoms with Crippen molar-refractivity contribution in [3.63, 3.8) is 0 Å². The van der Waals surface area contributed by atoms with E-state index < -0.39 is 9.84 Å². The Morgan fingerprint density at radius 1 is 1.11 bits per heavy atom. The molecule has 0 fully saturated rings. The van der Waals surface area contributed by atoms with Gasteiger partial charge >= 0.3 is 6.03 Å². The quantitative estimate of drug-likeness (QED) is 0.688. The zero-order valence-corrected chi connectivity index (χ0v) is 16.4. The molecule has 1 N–H and O–H groups in total. The maximum atomic E-state index is 11.8. The lowest BCUT2D eigenvalue weighted by Crippen LogP contribution is -2.26. The predicted octanol–water partition coefficient (Wildman–Crippen LogP) is 3.11. The number of carbonyl (C=O) groups excluding carboxylic acids is 1. The molecule has 0 unspecified atom stereocenters. The summed E-state index contributed by atoms with van der Waals surface area (Å²) in [6, 6.07) is 13.8. The van der Waals surface area contributed by atoms with E-state index in [4.69, 9.17) is 4.74 Å². The van der Waals surface area contributed by atoms with Gasteiger partial charge in [0, 0.05) is 24.6 Å². The number of ether oxygens (including phenoxy) is 1. The summed E-state index contributed by atoms with van der Waals surface area (Å²) in [6.45, 7) is 2.74. The highest BCUT2D eigenvalue weighted by atomic mass is 32.2. The second-order valence-corrected chi connectivity index (χ2v) is 8.25. The molecule has 2 aromatic carbocycles. The third-order valence-electron chi connectivity index (χ3n) is 4.05. The highest BCUT2D eigenvalue weighted by Gasteiger charge is 2.08. The smallest absolute Gasteiger partial charge is 0.326 e. The molecule has 0 bridgehead atoms. The van der Waals surface area contributed by atoms with Gasteiger partial charge in [0.1, 0.15) is 18.7 Å². The van der Waals surface area contributed by atoms with Gasteiger partial charge in [-0.1, -0.05) is 12.1 Å². The zero-order valence-electron chi connectivity index (χ0n) is 15.6. The average Bonchev–Trinajstić information content (AvgIpc) is 3.17. The van der Waals surface area contributed by atoms with Crippen LogP contribution < -0.4 is 10.1 Å². The van der Waals surface area contributed by atoms with Crippen LogP contribution >= 0.6 is 0 Å². The van der Waals surface area contributed by atoms with E-state index in [0.717, 1.165) is 11.1 Å². The maximum absolute atomic E-state index is 11.8. The van der Waals surface area contributed by atoms with Crippen LogP contribution in [-0.2, 0) is 16.4 Å². The van der Waals surface area contributed by atoms with Crippen LogP contribution in [0.2, 0.25) is 0 Å². The molecule has 3 rings (SSSR count). The van der Waals surface area contributed by atoms with Crippen LogP contribution in [-0.4, -0.2) is 36.8 Å². The van der Waals surface area contributed by atoms with Crippen molar-refractivity contribution in [2.24, 2.45) is 0 Å². The van der Waals surface area contributed by atoms with E-state index in [-0.39, 0.29) is 10.9 Å². The molecule has 28 heavy (non-hydrogen) atoms. The van der Waals surface area contributed by atoms with Crippen LogP contribution in [0.5, 0.6) is 5.75 Å². The maximum Gasteiger partial charge on any atom is 0.326 e. The molecule has 7 nitrogen and oxygen atoms in total. The highest BCUT2D eigenvalue weighted by Crippen LogP contribution is 2.21. The molecule has 1 amide bonds. The highest BCUT2D eigenvalue weighted by molar-refractivity contribution is 7.90. The Morgan fingerprint density at radius 3 is 2.39 bits per heavy atom. The normalized spacial score (nSPS) is 11.2. The molecule has 0 aliphatic carbocycles. The van der Waals surface area contributed by atoms with E-state index in [0.29, 0.717) is 24.6 Å². The number of hydrogen-bond acceptors (Lipinski definition) is 5. The molecule has 1 aromatic heterocycles. The van der Waals surface area contributed by atoms with Crippen molar-refractivity contribution in [3.8, 4) is 17.0 Å². The molecule has 0 saturated carbocycles. The summed E-state index contributed by atoms with van der Waals surface area (Å²) >= 11 is 0. The number of hydrogen-bond donors (Lipinski definition) is 1. The summed E-state index contributed by atoms with van der Waals surface area (Å²) < 4.78 is 30.1. The standard InChI is InChI=1S/C20H21N3O4S/c1-3-21-20(24)23-12-19(22-14-23)16-6-8-17(9-7-16)27-13-15-4-10-18(11-5-15)28(2,25)26/h4-12,14H,3,13H2,1-2H3,(H,21,24). The van der Waals surface area contributed by atoms with Gasteiger partial charge in [0.15, 0.2) is 9.84 Å². The molecular formula is C20H21N3O4S. The van der Waals surface area contributed by atoms with E-state index in [2.05, 4.69) is 10.3 Å². The van der Waals surface area contributed by atoms with Gasteiger partial charge in [0.25, 0.3) is 0 Å². The molecule has 0 radical (unpaired) electrons. The third-order valence-corrected chi connectivity index (χ3v) is 5.18. The molecule has 1 heterocycles. The van der Waals surface area contributed by atoms with E-state index in [1.54, 1.807) is 30.5 Å². The SMILES string of the molecule is CCNC(=O)n1cnc(-c2ccc(OCc3ccc(S(C)(=O)=O)cc3)cc2)c1. The second-order valence-electron chi connectivity index (χ2n) is 6.23. The van der Waals surface area contributed by atoms with Gasteiger partial charge in [-0.15, -0.1) is 0 Å². The lowest BCUT2D eigenvalue weighted by atomic mass is 10.1. The van der Waals surface area contributed by atoms with Gasteiger partial charge in [-0.2, -0.15) is 0 Å². The zero-order chi connectivity index (χ0) is 20.1. The summed E-state index contributed by atoms with van der Waals surface area (Å²) in [4.78, 5) is 16.3. The Morgan fingerprint density at radius 2 is 1.79 bits per heavy atom. The first kappa shape index (κ1) is 19.6. The van der Waals surface area contributed by atoms with Gasteiger partial charge < -0.3 is 10.1 Å². The van der Waals surface area contributed by atoms with Gasteiger partial charge in [-0.05, 0) is 48.9 Å². The summed E-state index contributed by atoms with van der Waals surface area (Å²) in [5.74, 6) is 0.680. The Hall–Kier alpha value is -3.13. The molecule has 0 aliphatic heterocycles. The topological polar surface area (TPSA) is 90.3 Å². The van der Waals surface area contributed by atoms with E-state index >= 15 is 0 Å². The van der Waals surface area contributed by atoms with Crippen molar-refractivity contribution >= 4 is 15.9 Å². The summed E-state index contributed by atoms with van der Waals surface area (Å²) in [5, 5.41) is 2.71. The van der Waals surface area contributed by atoms with Gasteiger partial charge in [-0.25, -0.2) is 18.2 Å². The first-order valence-corrected chi connectivity index (χ1v) is 10.6. The number of imidazole rings is 1. The van der Waals surface area contributed by atoms with Crippen LogP contribution in [0.1, 0.15) is 12.5 Å². The molecule has 0 saturated heterocycles. The molecule has 0 spiro atoms. The van der Waals surface area contributed by atoms with Crippen molar-refractivity contribution in [2.75, 3.05) is 12.8 Å². The van der Waals surface area contributed by atoms with E-state index in [9.17, 15) is 13.2 Å². The van der Waals surface area contributed by atoms with Gasteiger partial charge in [-0.3, -0.25) is 4.57 Å². The third kappa shape index (κ3) is 4.77. The Balaban J connectivity index is 1.62. The molecular weight excluding hydrogens is 378 g/mol. The summed E-state index contributed by atoms with van der Waals surface area (Å²) in [6.07, 6.45) is 4.33. The van der Waals surface area contributed by atoms with Crippen molar-refractivity contribution in [1.82, 2.24) is 14.9 Å². The molecule has 0 atom stereocenters. The number of carbonyl (C=O) groups is 1. The first-order chi connectivity index (χ1) is 13.4. The Kier molecular flexibility index (Phi) is 5.79. The van der Waals surface area contributed by atoms with Crippen LogP contribution in [0.4, 0.5) is 4.79 Å². The molecule has 8 heteroatoms.